The first-order valence-electron chi connectivity index (χ1n) is 11.7. The maximum Gasteiger partial charge on any atom is 0.328 e. The number of nitrogens with zero attached hydrogens (tertiary/aromatic N) is 3. The fourth-order valence-corrected chi connectivity index (χ4v) is 6.35. The SMILES string of the molecule is Cn1c(=O)n(C)c2cc(/C=N/c3sc4c(c3C(=O)NC3CCCCC3)CCCC4)ccc21. The zero-order valence-electron chi connectivity index (χ0n) is 18.8. The van der Waals surface area contributed by atoms with Crippen molar-refractivity contribution >= 4 is 39.5 Å². The van der Waals surface area contributed by atoms with E-state index < -0.39 is 0 Å². The average molecular weight is 451 g/mol. The predicted octanol–water partition coefficient (Wildman–Crippen LogP) is 4.63. The number of nitrogens with one attached hydrogen (secondary N) is 1. The molecule has 5 rings (SSSR count). The van der Waals surface area contributed by atoms with Gasteiger partial charge in [-0.2, -0.15) is 0 Å². The van der Waals surface area contributed by atoms with Crippen molar-refractivity contribution in [3.05, 3.63) is 50.3 Å². The molecule has 0 atom stereocenters. The number of carbonyl (C=O) groups excluding carboxylic acids is 1. The summed E-state index contributed by atoms with van der Waals surface area (Å²) >= 11 is 1.67. The molecule has 2 aliphatic carbocycles. The van der Waals surface area contributed by atoms with Gasteiger partial charge in [-0.1, -0.05) is 25.3 Å². The zero-order chi connectivity index (χ0) is 22.2. The summed E-state index contributed by atoms with van der Waals surface area (Å²) in [6.45, 7) is 0. The van der Waals surface area contributed by atoms with Gasteiger partial charge in [-0.3, -0.25) is 13.9 Å². The van der Waals surface area contributed by atoms with Crippen molar-refractivity contribution in [2.45, 2.75) is 63.8 Å². The molecule has 168 valence electrons. The molecule has 0 radical (unpaired) electrons. The molecule has 0 saturated heterocycles. The molecule has 2 heterocycles. The number of carbonyl (C=O) groups is 1. The molecule has 7 heteroatoms. The molecular weight excluding hydrogens is 420 g/mol. The van der Waals surface area contributed by atoms with Crippen molar-refractivity contribution in [3.63, 3.8) is 0 Å². The summed E-state index contributed by atoms with van der Waals surface area (Å²) in [5, 5.41) is 4.12. The van der Waals surface area contributed by atoms with Crippen molar-refractivity contribution in [1.82, 2.24) is 14.5 Å². The molecule has 1 N–H and O–H groups in total. The number of hydrogen-bond acceptors (Lipinski definition) is 4. The Morgan fingerprint density at radius 1 is 1.06 bits per heavy atom. The largest absolute Gasteiger partial charge is 0.349 e. The Kier molecular flexibility index (Phi) is 5.76. The van der Waals surface area contributed by atoms with Crippen LogP contribution in [0.15, 0.2) is 28.0 Å². The molecule has 1 fully saturated rings. The summed E-state index contributed by atoms with van der Waals surface area (Å²) < 4.78 is 3.30. The summed E-state index contributed by atoms with van der Waals surface area (Å²) in [5.41, 5.74) is 4.66. The maximum atomic E-state index is 13.3. The van der Waals surface area contributed by atoms with E-state index in [1.165, 1.54) is 36.1 Å². The van der Waals surface area contributed by atoms with Crippen LogP contribution in [-0.4, -0.2) is 27.3 Å². The van der Waals surface area contributed by atoms with Gasteiger partial charge in [0.2, 0.25) is 0 Å². The zero-order valence-corrected chi connectivity index (χ0v) is 19.6. The molecule has 6 nitrogen and oxygen atoms in total. The van der Waals surface area contributed by atoms with E-state index in [9.17, 15) is 9.59 Å². The van der Waals surface area contributed by atoms with Gasteiger partial charge in [-0.05, 0) is 61.8 Å². The highest BCUT2D eigenvalue weighted by molar-refractivity contribution is 7.16. The second kappa shape index (κ2) is 8.70. The molecule has 1 aromatic carbocycles. The number of imidazole rings is 1. The Balaban J connectivity index is 1.48. The van der Waals surface area contributed by atoms with Gasteiger partial charge >= 0.3 is 5.69 Å². The fourth-order valence-electron chi connectivity index (χ4n) is 5.12. The molecule has 0 unspecified atom stereocenters. The van der Waals surface area contributed by atoms with Crippen molar-refractivity contribution in [1.29, 1.82) is 0 Å². The van der Waals surface area contributed by atoms with Crippen LogP contribution >= 0.6 is 11.3 Å². The van der Waals surface area contributed by atoms with E-state index in [2.05, 4.69) is 5.32 Å². The Labute approximate surface area is 192 Å². The minimum absolute atomic E-state index is 0.0401. The fraction of sp³-hybridized carbons (Fsp3) is 0.480. The van der Waals surface area contributed by atoms with Crippen LogP contribution in [-0.2, 0) is 26.9 Å². The van der Waals surface area contributed by atoms with Gasteiger partial charge in [0.1, 0.15) is 5.00 Å². The lowest BCUT2D eigenvalue weighted by molar-refractivity contribution is 0.0927. The molecule has 0 bridgehead atoms. The summed E-state index contributed by atoms with van der Waals surface area (Å²) in [4.78, 5) is 31.7. The smallest absolute Gasteiger partial charge is 0.328 e. The average Bonchev–Trinajstić information content (AvgIpc) is 3.29. The van der Waals surface area contributed by atoms with Gasteiger partial charge in [-0.15, -0.1) is 11.3 Å². The topological polar surface area (TPSA) is 68.4 Å². The Morgan fingerprint density at radius 2 is 1.81 bits per heavy atom. The number of aliphatic imine (C=N–C) groups is 1. The molecule has 2 aromatic heterocycles. The number of fused-ring (bicyclic) bond motifs is 2. The Hall–Kier alpha value is -2.67. The lowest BCUT2D eigenvalue weighted by Gasteiger charge is -2.23. The van der Waals surface area contributed by atoms with Gasteiger partial charge in [0.15, 0.2) is 0 Å². The molecular formula is C25H30N4O2S. The standard InChI is InChI=1S/C25H30N4O2S/c1-28-19-13-12-16(14-20(19)29(2)25(28)31)15-26-24-22(18-10-6-7-11-21(18)32-24)23(30)27-17-8-4-3-5-9-17/h12-15,17H,3-11H2,1-2H3,(H,27,30)/b26-15+. The van der Waals surface area contributed by atoms with Crippen LogP contribution in [0.25, 0.3) is 11.0 Å². The van der Waals surface area contributed by atoms with Crippen molar-refractivity contribution in [2.75, 3.05) is 0 Å². The first-order chi connectivity index (χ1) is 15.5. The first-order valence-corrected chi connectivity index (χ1v) is 12.5. The van der Waals surface area contributed by atoms with E-state index >= 15 is 0 Å². The predicted molar refractivity (Wildman–Crippen MR) is 131 cm³/mol. The number of benzene rings is 1. The van der Waals surface area contributed by atoms with E-state index in [1.807, 2.05) is 24.4 Å². The number of rotatable bonds is 4. The summed E-state index contributed by atoms with van der Waals surface area (Å²) in [6.07, 6.45) is 12.0. The van der Waals surface area contributed by atoms with Gasteiger partial charge in [-0.25, -0.2) is 9.79 Å². The molecule has 3 aromatic rings. The lowest BCUT2D eigenvalue weighted by Crippen LogP contribution is -2.36. The molecule has 0 spiro atoms. The van der Waals surface area contributed by atoms with Crippen molar-refractivity contribution in [2.24, 2.45) is 19.1 Å². The lowest BCUT2D eigenvalue weighted by atomic mass is 9.93. The summed E-state index contributed by atoms with van der Waals surface area (Å²) in [5.74, 6) is 0.0457. The minimum Gasteiger partial charge on any atom is -0.349 e. The molecule has 1 amide bonds. The van der Waals surface area contributed by atoms with Crippen molar-refractivity contribution in [3.8, 4) is 0 Å². The highest BCUT2D eigenvalue weighted by Crippen LogP contribution is 2.40. The first kappa shape index (κ1) is 21.2. The highest BCUT2D eigenvalue weighted by atomic mass is 32.1. The number of amides is 1. The quantitative estimate of drug-likeness (QED) is 0.589. The Morgan fingerprint density at radius 3 is 2.62 bits per heavy atom. The van der Waals surface area contributed by atoms with Crippen LogP contribution in [0.3, 0.4) is 0 Å². The van der Waals surface area contributed by atoms with E-state index in [-0.39, 0.29) is 17.6 Å². The normalized spacial score (nSPS) is 17.2. The monoisotopic (exact) mass is 450 g/mol. The third kappa shape index (κ3) is 3.83. The molecule has 2 aliphatic rings. The third-order valence-corrected chi connectivity index (χ3v) is 8.15. The Bertz CT molecular complexity index is 1260. The van der Waals surface area contributed by atoms with Gasteiger partial charge in [0, 0.05) is 31.2 Å². The van der Waals surface area contributed by atoms with E-state index in [0.29, 0.717) is 0 Å². The van der Waals surface area contributed by atoms with Crippen LogP contribution < -0.4 is 11.0 Å². The highest BCUT2D eigenvalue weighted by Gasteiger charge is 2.27. The number of hydrogen-bond donors (Lipinski definition) is 1. The third-order valence-electron chi connectivity index (χ3n) is 6.95. The van der Waals surface area contributed by atoms with Crippen LogP contribution in [0.2, 0.25) is 0 Å². The second-order valence-corrected chi connectivity index (χ2v) is 10.2. The second-order valence-electron chi connectivity index (χ2n) is 9.11. The van der Waals surface area contributed by atoms with Crippen molar-refractivity contribution < 1.29 is 4.79 Å². The van der Waals surface area contributed by atoms with Gasteiger partial charge < -0.3 is 5.32 Å². The molecule has 1 saturated carbocycles. The summed E-state index contributed by atoms with van der Waals surface area (Å²) in [7, 11) is 3.57. The summed E-state index contributed by atoms with van der Waals surface area (Å²) in [6, 6.07) is 6.19. The number of aryl methyl sites for hydroxylation is 3. The van der Waals surface area contributed by atoms with E-state index in [1.54, 1.807) is 34.6 Å². The van der Waals surface area contributed by atoms with Crippen LogP contribution in [0, 0.1) is 0 Å². The number of aromatic nitrogens is 2. The maximum absolute atomic E-state index is 13.3. The van der Waals surface area contributed by atoms with Gasteiger partial charge in [0.25, 0.3) is 5.91 Å². The molecule has 0 aliphatic heterocycles. The van der Waals surface area contributed by atoms with Crippen LogP contribution in [0.5, 0.6) is 0 Å². The minimum atomic E-state index is -0.0401. The van der Waals surface area contributed by atoms with Crippen LogP contribution in [0.1, 0.15) is 71.3 Å². The van der Waals surface area contributed by atoms with E-state index in [4.69, 9.17) is 4.99 Å². The van der Waals surface area contributed by atoms with E-state index in [0.717, 1.165) is 59.3 Å². The van der Waals surface area contributed by atoms with Gasteiger partial charge in [0.05, 0.1) is 16.6 Å². The molecule has 32 heavy (non-hydrogen) atoms. The number of thiophene rings is 1. The van der Waals surface area contributed by atoms with Crippen LogP contribution in [0.4, 0.5) is 5.00 Å².